The molecule has 0 radical (unpaired) electrons. The first-order chi connectivity index (χ1) is 12.1. The van der Waals surface area contributed by atoms with E-state index in [2.05, 4.69) is 25.3 Å². The number of fused-ring (bicyclic) bond motifs is 1. The molecule has 0 aliphatic heterocycles. The van der Waals surface area contributed by atoms with Crippen molar-refractivity contribution in [3.05, 3.63) is 42.5 Å². The number of ether oxygens (including phenoxy) is 1. The summed E-state index contributed by atoms with van der Waals surface area (Å²) in [5, 5.41) is 2.83. The average Bonchev–Trinajstić information content (AvgIpc) is 3.09. The molecule has 25 heavy (non-hydrogen) atoms. The largest absolute Gasteiger partial charge is 0.492 e. The van der Waals surface area contributed by atoms with E-state index < -0.39 is 0 Å². The minimum absolute atomic E-state index is 0.110. The maximum absolute atomic E-state index is 12.1. The molecular weight excluding hydrogens is 320 g/mol. The summed E-state index contributed by atoms with van der Waals surface area (Å²) < 4.78 is 5.59. The number of nitrogens with zero attached hydrogens (tertiary/aromatic N) is 4. The number of carbonyl (C=O) groups is 1. The Bertz CT molecular complexity index is 846. The highest BCUT2D eigenvalue weighted by atomic mass is 16.5. The normalized spacial score (nSPS) is 10.6. The zero-order valence-corrected chi connectivity index (χ0v) is 14.2. The summed E-state index contributed by atoms with van der Waals surface area (Å²) in [5.74, 6) is 1.31. The van der Waals surface area contributed by atoms with Crippen molar-refractivity contribution in [2.75, 3.05) is 31.6 Å². The fourth-order valence-electron chi connectivity index (χ4n) is 2.38. The average molecular weight is 340 g/mol. The Balaban J connectivity index is 1.46. The Morgan fingerprint density at radius 2 is 2.04 bits per heavy atom. The number of benzene rings is 1. The summed E-state index contributed by atoms with van der Waals surface area (Å²) in [6, 6.07) is 7.80. The monoisotopic (exact) mass is 340 g/mol. The molecule has 1 aromatic carbocycles. The molecule has 0 saturated heterocycles. The second-order valence-corrected chi connectivity index (χ2v) is 5.67. The lowest BCUT2D eigenvalue weighted by Gasteiger charge is -2.17. The van der Waals surface area contributed by atoms with Gasteiger partial charge >= 0.3 is 0 Å². The van der Waals surface area contributed by atoms with Crippen molar-refractivity contribution in [2.45, 2.75) is 6.92 Å². The molecule has 0 aliphatic carbocycles. The van der Waals surface area contributed by atoms with Gasteiger partial charge in [-0.15, -0.1) is 0 Å². The SMILES string of the molecule is Cc1ccc(OCCNC(=O)CN(C)c2ncnc3nc[nH]c23)cc1. The number of imidazole rings is 1. The quantitative estimate of drug-likeness (QED) is 0.629. The topological polar surface area (TPSA) is 96.0 Å². The van der Waals surface area contributed by atoms with E-state index in [1.807, 2.05) is 31.2 Å². The number of rotatable bonds is 7. The number of aromatic nitrogens is 4. The van der Waals surface area contributed by atoms with Gasteiger partial charge in [-0.25, -0.2) is 15.0 Å². The summed E-state index contributed by atoms with van der Waals surface area (Å²) in [6.45, 7) is 3.05. The Labute approximate surface area is 145 Å². The number of likely N-dealkylation sites (N-methyl/N-ethyl adjacent to an activating group) is 1. The minimum Gasteiger partial charge on any atom is -0.492 e. The van der Waals surface area contributed by atoms with Gasteiger partial charge in [0.1, 0.15) is 24.2 Å². The number of carbonyl (C=O) groups excluding carboxylic acids is 1. The minimum atomic E-state index is -0.110. The van der Waals surface area contributed by atoms with Gasteiger partial charge in [-0.2, -0.15) is 0 Å². The number of amides is 1. The maximum atomic E-state index is 12.1. The van der Waals surface area contributed by atoms with Crippen molar-refractivity contribution in [1.29, 1.82) is 0 Å². The van der Waals surface area contributed by atoms with Crippen molar-refractivity contribution >= 4 is 22.9 Å². The summed E-state index contributed by atoms with van der Waals surface area (Å²) in [5.41, 5.74) is 2.46. The van der Waals surface area contributed by atoms with Crippen LogP contribution >= 0.6 is 0 Å². The van der Waals surface area contributed by atoms with Gasteiger partial charge in [0.25, 0.3) is 0 Å². The molecule has 8 nitrogen and oxygen atoms in total. The van der Waals surface area contributed by atoms with Gasteiger partial charge in [-0.3, -0.25) is 4.79 Å². The highest BCUT2D eigenvalue weighted by Gasteiger charge is 2.13. The lowest BCUT2D eigenvalue weighted by Crippen LogP contribution is -2.37. The van der Waals surface area contributed by atoms with Gasteiger partial charge in [0.15, 0.2) is 11.5 Å². The lowest BCUT2D eigenvalue weighted by atomic mass is 10.2. The number of aromatic amines is 1. The summed E-state index contributed by atoms with van der Waals surface area (Å²) in [7, 11) is 1.80. The molecule has 2 aromatic heterocycles. The molecule has 0 unspecified atom stereocenters. The van der Waals surface area contributed by atoms with Crippen LogP contribution in [0.2, 0.25) is 0 Å². The zero-order chi connectivity index (χ0) is 17.6. The molecule has 0 fully saturated rings. The van der Waals surface area contributed by atoms with E-state index >= 15 is 0 Å². The van der Waals surface area contributed by atoms with Gasteiger partial charge in [0, 0.05) is 7.05 Å². The molecular formula is C17H20N6O2. The first-order valence-corrected chi connectivity index (χ1v) is 7.95. The third-order valence-corrected chi connectivity index (χ3v) is 3.66. The molecule has 0 saturated carbocycles. The van der Waals surface area contributed by atoms with Crippen molar-refractivity contribution in [2.24, 2.45) is 0 Å². The highest BCUT2D eigenvalue weighted by molar-refractivity contribution is 5.86. The molecule has 0 atom stereocenters. The second-order valence-electron chi connectivity index (χ2n) is 5.67. The van der Waals surface area contributed by atoms with Crippen LogP contribution in [0.15, 0.2) is 36.9 Å². The smallest absolute Gasteiger partial charge is 0.239 e. The number of H-pyrrole nitrogens is 1. The molecule has 3 aromatic rings. The molecule has 130 valence electrons. The van der Waals surface area contributed by atoms with Crippen LogP contribution in [0, 0.1) is 6.92 Å². The van der Waals surface area contributed by atoms with Crippen LogP contribution in [0.5, 0.6) is 5.75 Å². The van der Waals surface area contributed by atoms with Crippen LogP contribution in [0.3, 0.4) is 0 Å². The molecule has 1 amide bonds. The number of hydrogen-bond donors (Lipinski definition) is 2. The van der Waals surface area contributed by atoms with Crippen LogP contribution in [0.1, 0.15) is 5.56 Å². The van der Waals surface area contributed by atoms with E-state index in [0.717, 1.165) is 5.75 Å². The molecule has 2 N–H and O–H groups in total. The Hall–Kier alpha value is -3.16. The van der Waals surface area contributed by atoms with Gasteiger partial charge in [-0.05, 0) is 19.1 Å². The number of aryl methyl sites for hydroxylation is 1. The van der Waals surface area contributed by atoms with Crippen molar-refractivity contribution in [3.8, 4) is 5.75 Å². The van der Waals surface area contributed by atoms with Crippen LogP contribution in [0.25, 0.3) is 11.2 Å². The summed E-state index contributed by atoms with van der Waals surface area (Å²) in [6.07, 6.45) is 2.99. The molecule has 0 aliphatic rings. The molecule has 2 heterocycles. The fourth-order valence-corrected chi connectivity index (χ4v) is 2.38. The standard InChI is InChI=1S/C17H20N6O2/c1-12-3-5-13(6-4-12)25-8-7-18-14(24)9-23(2)17-15-16(20-10-19-15)21-11-22-17/h3-6,10-11H,7-9H2,1-2H3,(H,18,24)(H,19,20,21,22). The van der Waals surface area contributed by atoms with Gasteiger partial charge in [0.2, 0.25) is 5.91 Å². The summed E-state index contributed by atoms with van der Waals surface area (Å²) in [4.78, 5) is 29.2. The van der Waals surface area contributed by atoms with Crippen molar-refractivity contribution in [1.82, 2.24) is 25.3 Å². The van der Waals surface area contributed by atoms with E-state index in [4.69, 9.17) is 4.74 Å². The van der Waals surface area contributed by atoms with E-state index in [1.54, 1.807) is 18.3 Å². The van der Waals surface area contributed by atoms with Crippen LogP contribution < -0.4 is 15.0 Å². The molecule has 8 heteroatoms. The third kappa shape index (κ3) is 4.23. The number of nitrogens with one attached hydrogen (secondary N) is 2. The predicted molar refractivity (Wildman–Crippen MR) is 94.6 cm³/mol. The first-order valence-electron chi connectivity index (χ1n) is 7.95. The molecule has 0 bridgehead atoms. The van der Waals surface area contributed by atoms with Crippen LogP contribution in [-0.4, -0.2) is 52.6 Å². The zero-order valence-electron chi connectivity index (χ0n) is 14.2. The second kappa shape index (κ2) is 7.61. The molecule has 3 rings (SSSR count). The predicted octanol–water partition coefficient (Wildman–Crippen LogP) is 1.29. The van der Waals surface area contributed by atoms with Gasteiger partial charge < -0.3 is 19.9 Å². The van der Waals surface area contributed by atoms with E-state index in [-0.39, 0.29) is 12.5 Å². The Morgan fingerprint density at radius 1 is 1.24 bits per heavy atom. The Morgan fingerprint density at radius 3 is 2.84 bits per heavy atom. The third-order valence-electron chi connectivity index (χ3n) is 3.66. The number of hydrogen-bond acceptors (Lipinski definition) is 6. The number of anilines is 1. The van der Waals surface area contributed by atoms with Crippen molar-refractivity contribution in [3.63, 3.8) is 0 Å². The maximum Gasteiger partial charge on any atom is 0.239 e. The van der Waals surface area contributed by atoms with Crippen LogP contribution in [-0.2, 0) is 4.79 Å². The Kier molecular flexibility index (Phi) is 5.08. The lowest BCUT2D eigenvalue weighted by molar-refractivity contribution is -0.119. The van der Waals surface area contributed by atoms with E-state index in [0.29, 0.717) is 30.1 Å². The first kappa shape index (κ1) is 16.7. The highest BCUT2D eigenvalue weighted by Crippen LogP contribution is 2.17. The van der Waals surface area contributed by atoms with Crippen molar-refractivity contribution < 1.29 is 9.53 Å². The summed E-state index contributed by atoms with van der Waals surface area (Å²) >= 11 is 0. The van der Waals surface area contributed by atoms with E-state index in [1.165, 1.54) is 11.9 Å². The van der Waals surface area contributed by atoms with Gasteiger partial charge in [0.05, 0.1) is 19.4 Å². The van der Waals surface area contributed by atoms with Crippen LogP contribution in [0.4, 0.5) is 5.82 Å². The van der Waals surface area contributed by atoms with E-state index in [9.17, 15) is 4.79 Å². The fraction of sp³-hybridized carbons (Fsp3) is 0.294. The van der Waals surface area contributed by atoms with Gasteiger partial charge in [-0.1, -0.05) is 17.7 Å². The molecule has 0 spiro atoms.